The van der Waals surface area contributed by atoms with E-state index in [-0.39, 0.29) is 6.04 Å². The Kier molecular flexibility index (Phi) is 5.65. The summed E-state index contributed by atoms with van der Waals surface area (Å²) < 4.78 is 0. The third kappa shape index (κ3) is 4.21. The Morgan fingerprint density at radius 3 is 2.19 bits per heavy atom. The van der Waals surface area contributed by atoms with E-state index in [1.54, 1.807) is 6.07 Å². The zero-order valence-corrected chi connectivity index (χ0v) is 13.7. The zero-order valence-electron chi connectivity index (χ0n) is 12.2. The number of nitrogens with one attached hydrogen (secondary N) is 1. The van der Waals surface area contributed by atoms with Crippen LogP contribution in [0, 0.1) is 0 Å². The Bertz CT molecular complexity index is 594. The minimum absolute atomic E-state index is 0.00202. The molecule has 0 aliphatic carbocycles. The highest BCUT2D eigenvalue weighted by atomic mass is 35.5. The summed E-state index contributed by atoms with van der Waals surface area (Å²) in [5, 5.41) is 1.39. The van der Waals surface area contributed by atoms with Crippen molar-refractivity contribution < 1.29 is 0 Å². The molecule has 0 aliphatic rings. The second kappa shape index (κ2) is 7.28. The fraction of sp³-hybridized carbons (Fsp3) is 0.294. The standard InChI is InChI=1S/C17H20Cl2N2/c1-11(2)12-3-5-13(6-4-12)17(21-20)10-14-9-15(18)7-8-16(14)19/h3-9,11,17,21H,10,20H2,1-2H3. The van der Waals surface area contributed by atoms with Crippen LogP contribution in [0.1, 0.15) is 42.5 Å². The molecule has 0 bridgehead atoms. The summed E-state index contributed by atoms with van der Waals surface area (Å²) in [4.78, 5) is 0. The topological polar surface area (TPSA) is 38.0 Å². The van der Waals surface area contributed by atoms with Gasteiger partial charge in [-0.25, -0.2) is 0 Å². The van der Waals surface area contributed by atoms with Crippen molar-refractivity contribution in [1.29, 1.82) is 0 Å². The summed E-state index contributed by atoms with van der Waals surface area (Å²) in [6.07, 6.45) is 0.691. The number of benzene rings is 2. The summed E-state index contributed by atoms with van der Waals surface area (Å²) in [7, 11) is 0. The van der Waals surface area contributed by atoms with Crippen LogP contribution in [0.5, 0.6) is 0 Å². The van der Waals surface area contributed by atoms with Crippen molar-refractivity contribution in [1.82, 2.24) is 5.43 Å². The Labute approximate surface area is 136 Å². The van der Waals surface area contributed by atoms with E-state index in [0.717, 1.165) is 11.1 Å². The third-order valence-corrected chi connectivity index (χ3v) is 4.24. The van der Waals surface area contributed by atoms with Crippen LogP contribution in [0.4, 0.5) is 0 Å². The first kappa shape index (κ1) is 16.3. The Balaban J connectivity index is 2.21. The van der Waals surface area contributed by atoms with Gasteiger partial charge in [-0.15, -0.1) is 0 Å². The molecular formula is C17H20Cl2N2. The molecule has 4 heteroatoms. The van der Waals surface area contributed by atoms with Crippen LogP contribution in [-0.4, -0.2) is 0 Å². The monoisotopic (exact) mass is 322 g/mol. The van der Waals surface area contributed by atoms with Gasteiger partial charge < -0.3 is 0 Å². The van der Waals surface area contributed by atoms with Gasteiger partial charge in [-0.05, 0) is 47.2 Å². The van der Waals surface area contributed by atoms with Gasteiger partial charge in [0.1, 0.15) is 0 Å². The molecule has 0 radical (unpaired) electrons. The molecule has 0 saturated heterocycles. The van der Waals surface area contributed by atoms with Crippen LogP contribution in [-0.2, 0) is 6.42 Å². The molecule has 0 saturated carbocycles. The van der Waals surface area contributed by atoms with E-state index in [2.05, 4.69) is 43.5 Å². The predicted octanol–water partition coefficient (Wildman–Crippen LogP) is 4.86. The van der Waals surface area contributed by atoms with E-state index in [4.69, 9.17) is 29.0 Å². The molecule has 2 aromatic rings. The normalized spacial score (nSPS) is 12.7. The molecule has 2 rings (SSSR count). The van der Waals surface area contributed by atoms with E-state index in [1.807, 2.05) is 12.1 Å². The fourth-order valence-corrected chi connectivity index (χ4v) is 2.70. The fourth-order valence-electron chi connectivity index (χ4n) is 2.31. The maximum absolute atomic E-state index is 6.22. The predicted molar refractivity (Wildman–Crippen MR) is 90.8 cm³/mol. The van der Waals surface area contributed by atoms with Crippen molar-refractivity contribution in [2.45, 2.75) is 32.2 Å². The van der Waals surface area contributed by atoms with Gasteiger partial charge in [0.2, 0.25) is 0 Å². The molecule has 0 spiro atoms. The molecule has 0 aliphatic heterocycles. The van der Waals surface area contributed by atoms with E-state index < -0.39 is 0 Å². The molecule has 21 heavy (non-hydrogen) atoms. The van der Waals surface area contributed by atoms with Crippen LogP contribution in [0.15, 0.2) is 42.5 Å². The molecule has 0 heterocycles. The number of hydrogen-bond donors (Lipinski definition) is 2. The zero-order chi connectivity index (χ0) is 15.4. The van der Waals surface area contributed by atoms with Gasteiger partial charge in [0, 0.05) is 10.0 Å². The van der Waals surface area contributed by atoms with Crippen molar-refractivity contribution in [3.8, 4) is 0 Å². The minimum Gasteiger partial charge on any atom is -0.271 e. The SMILES string of the molecule is CC(C)c1ccc(C(Cc2cc(Cl)ccc2Cl)NN)cc1. The van der Waals surface area contributed by atoms with E-state index >= 15 is 0 Å². The average Bonchev–Trinajstić information content (AvgIpc) is 2.48. The van der Waals surface area contributed by atoms with Crippen molar-refractivity contribution in [3.63, 3.8) is 0 Å². The van der Waals surface area contributed by atoms with Crippen LogP contribution >= 0.6 is 23.2 Å². The largest absolute Gasteiger partial charge is 0.271 e. The maximum atomic E-state index is 6.22. The number of rotatable bonds is 5. The Hall–Kier alpha value is -1.06. The number of hydrazine groups is 1. The third-order valence-electron chi connectivity index (χ3n) is 3.64. The van der Waals surface area contributed by atoms with Crippen LogP contribution in [0.3, 0.4) is 0 Å². The maximum Gasteiger partial charge on any atom is 0.0500 e. The van der Waals surface area contributed by atoms with Gasteiger partial charge in [0.05, 0.1) is 6.04 Å². The quantitative estimate of drug-likeness (QED) is 0.609. The average molecular weight is 323 g/mol. The summed E-state index contributed by atoms with van der Waals surface area (Å²) in [5.74, 6) is 6.23. The first-order chi connectivity index (χ1) is 10.0. The number of nitrogens with two attached hydrogens (primary N) is 1. The van der Waals surface area contributed by atoms with E-state index in [1.165, 1.54) is 5.56 Å². The first-order valence-corrected chi connectivity index (χ1v) is 7.76. The van der Waals surface area contributed by atoms with Gasteiger partial charge in [-0.1, -0.05) is 61.3 Å². The van der Waals surface area contributed by atoms with Gasteiger partial charge >= 0.3 is 0 Å². The first-order valence-electron chi connectivity index (χ1n) is 7.01. The molecule has 112 valence electrons. The summed E-state index contributed by atoms with van der Waals surface area (Å²) in [6.45, 7) is 4.36. The lowest BCUT2D eigenvalue weighted by molar-refractivity contribution is 0.552. The van der Waals surface area contributed by atoms with Crippen molar-refractivity contribution in [3.05, 3.63) is 69.2 Å². The lowest BCUT2D eigenvalue weighted by Crippen LogP contribution is -2.29. The van der Waals surface area contributed by atoms with Crippen molar-refractivity contribution in [2.75, 3.05) is 0 Å². The van der Waals surface area contributed by atoms with Gasteiger partial charge in [-0.3, -0.25) is 11.3 Å². The molecule has 0 fully saturated rings. The second-order valence-electron chi connectivity index (χ2n) is 5.48. The summed E-state index contributed by atoms with van der Waals surface area (Å²) >= 11 is 12.3. The second-order valence-corrected chi connectivity index (χ2v) is 6.32. The molecule has 0 aromatic heterocycles. The van der Waals surface area contributed by atoms with Crippen LogP contribution < -0.4 is 11.3 Å². The molecule has 1 atom stereocenters. The van der Waals surface area contributed by atoms with Gasteiger partial charge in [-0.2, -0.15) is 0 Å². The number of halogens is 2. The van der Waals surface area contributed by atoms with Crippen LogP contribution in [0.2, 0.25) is 10.0 Å². The molecular weight excluding hydrogens is 303 g/mol. The van der Waals surface area contributed by atoms with Gasteiger partial charge in [0.15, 0.2) is 0 Å². The Morgan fingerprint density at radius 1 is 1.00 bits per heavy atom. The van der Waals surface area contributed by atoms with Crippen molar-refractivity contribution in [2.24, 2.45) is 5.84 Å². The highest BCUT2D eigenvalue weighted by Gasteiger charge is 2.13. The number of hydrogen-bond acceptors (Lipinski definition) is 2. The lowest BCUT2D eigenvalue weighted by Gasteiger charge is -2.18. The van der Waals surface area contributed by atoms with Gasteiger partial charge in [0.25, 0.3) is 0 Å². The summed E-state index contributed by atoms with van der Waals surface area (Å²) in [6, 6.07) is 14.0. The molecule has 1 unspecified atom stereocenters. The van der Waals surface area contributed by atoms with Crippen LogP contribution in [0.25, 0.3) is 0 Å². The highest BCUT2D eigenvalue weighted by molar-refractivity contribution is 6.33. The molecule has 0 amide bonds. The van der Waals surface area contributed by atoms with Crippen molar-refractivity contribution >= 4 is 23.2 Å². The van der Waals surface area contributed by atoms with E-state index in [0.29, 0.717) is 22.4 Å². The highest BCUT2D eigenvalue weighted by Crippen LogP contribution is 2.26. The molecule has 3 N–H and O–H groups in total. The molecule has 2 aromatic carbocycles. The summed E-state index contributed by atoms with van der Waals surface area (Å²) in [5.41, 5.74) is 6.30. The lowest BCUT2D eigenvalue weighted by atomic mass is 9.96. The Morgan fingerprint density at radius 2 is 1.62 bits per heavy atom. The minimum atomic E-state index is 0.00202. The molecule has 2 nitrogen and oxygen atoms in total. The smallest absolute Gasteiger partial charge is 0.0500 e. The van der Waals surface area contributed by atoms with E-state index in [9.17, 15) is 0 Å².